The van der Waals surface area contributed by atoms with Crippen LogP contribution in [0.4, 0.5) is 0 Å². The summed E-state index contributed by atoms with van der Waals surface area (Å²) >= 11 is 0. The third-order valence-electron chi connectivity index (χ3n) is 5.41. The highest BCUT2D eigenvalue weighted by molar-refractivity contribution is 6.06. The number of Topliss-reactive ketones (excluding diaryl/α,β-unsaturated/α-hetero) is 1. The fraction of sp³-hybridized carbons (Fsp3) is 0.529. The van der Waals surface area contributed by atoms with Crippen LogP contribution in [0.1, 0.15) is 44.0 Å². The summed E-state index contributed by atoms with van der Waals surface area (Å²) in [6.07, 6.45) is 1.21. The van der Waals surface area contributed by atoms with E-state index < -0.39 is 5.41 Å². The lowest BCUT2D eigenvalue weighted by atomic mass is 9.84. The Kier molecular flexibility index (Phi) is 2.79. The lowest BCUT2D eigenvalue weighted by Crippen LogP contribution is -2.34. The zero-order chi connectivity index (χ0) is 14.5. The summed E-state index contributed by atoms with van der Waals surface area (Å²) in [6.45, 7) is 6.28. The summed E-state index contributed by atoms with van der Waals surface area (Å²) < 4.78 is 0. The van der Waals surface area contributed by atoms with Crippen molar-refractivity contribution in [3.63, 3.8) is 0 Å². The molecule has 1 heterocycles. The smallest absolute Gasteiger partial charge is 0.221 e. The second-order valence-electron chi connectivity index (χ2n) is 6.82. The van der Waals surface area contributed by atoms with E-state index in [2.05, 4.69) is 19.2 Å². The molecule has 3 nitrogen and oxygen atoms in total. The van der Waals surface area contributed by atoms with E-state index in [-0.39, 0.29) is 29.1 Å². The number of ketones is 1. The molecule has 3 unspecified atom stereocenters. The van der Waals surface area contributed by atoms with Gasteiger partial charge in [-0.3, -0.25) is 9.59 Å². The highest BCUT2D eigenvalue weighted by Crippen LogP contribution is 2.73. The summed E-state index contributed by atoms with van der Waals surface area (Å²) in [7, 11) is 0. The van der Waals surface area contributed by atoms with Crippen molar-refractivity contribution in [2.24, 2.45) is 16.7 Å². The lowest BCUT2D eigenvalue weighted by Gasteiger charge is -2.19. The molecule has 3 atom stereocenters. The number of amides is 1. The molecule has 1 saturated carbocycles. The fourth-order valence-corrected chi connectivity index (χ4v) is 4.18. The molecule has 1 aliphatic heterocycles. The van der Waals surface area contributed by atoms with Crippen molar-refractivity contribution in [1.82, 2.24) is 5.32 Å². The molecule has 0 radical (unpaired) electrons. The largest absolute Gasteiger partial charge is 0.354 e. The second kappa shape index (κ2) is 4.18. The molecule has 3 heteroatoms. The van der Waals surface area contributed by atoms with Gasteiger partial charge >= 0.3 is 0 Å². The minimum absolute atomic E-state index is 0.00913. The van der Waals surface area contributed by atoms with Gasteiger partial charge in [-0.2, -0.15) is 0 Å². The molecule has 0 bridgehead atoms. The average molecular weight is 271 g/mol. The predicted octanol–water partition coefficient (Wildman–Crippen LogP) is 2.81. The number of hydrogen-bond acceptors (Lipinski definition) is 2. The molecule has 20 heavy (non-hydrogen) atoms. The van der Waals surface area contributed by atoms with Gasteiger partial charge in [-0.15, -0.1) is 0 Å². The Labute approximate surface area is 119 Å². The molecule has 1 amide bonds. The molecule has 1 aromatic rings. The summed E-state index contributed by atoms with van der Waals surface area (Å²) in [5.41, 5.74) is 0.125. The molecule has 2 fully saturated rings. The lowest BCUT2D eigenvalue weighted by molar-refractivity contribution is -0.122. The van der Waals surface area contributed by atoms with Crippen molar-refractivity contribution in [2.45, 2.75) is 39.7 Å². The third kappa shape index (κ3) is 1.65. The molecule has 0 aromatic heterocycles. The van der Waals surface area contributed by atoms with Crippen LogP contribution in [0, 0.1) is 16.7 Å². The molecule has 2 aliphatic rings. The molecule has 106 valence electrons. The van der Waals surface area contributed by atoms with E-state index in [1.54, 1.807) is 0 Å². The van der Waals surface area contributed by atoms with E-state index in [1.165, 1.54) is 0 Å². The Hall–Kier alpha value is -1.64. The standard InChI is InChI=1S/C17H21NO2/c1-11-9-13-16(2,3)17(13,10-14(19)18-11)15(20)12-7-5-4-6-8-12/h4-8,11,13H,9-10H2,1-3H3,(H,18,19). The Bertz CT molecular complexity index is 564. The van der Waals surface area contributed by atoms with Gasteiger partial charge in [0.1, 0.15) is 0 Å². The maximum Gasteiger partial charge on any atom is 0.221 e. The van der Waals surface area contributed by atoms with Crippen molar-refractivity contribution in [1.29, 1.82) is 0 Å². The molecule has 1 aliphatic carbocycles. The Balaban J connectivity index is 2.01. The maximum absolute atomic E-state index is 13.0. The molecule has 3 rings (SSSR count). The van der Waals surface area contributed by atoms with Crippen LogP contribution in [0.25, 0.3) is 0 Å². The maximum atomic E-state index is 13.0. The van der Waals surface area contributed by atoms with E-state index in [0.717, 1.165) is 12.0 Å². The van der Waals surface area contributed by atoms with Crippen molar-refractivity contribution < 1.29 is 9.59 Å². The van der Waals surface area contributed by atoms with E-state index in [4.69, 9.17) is 0 Å². The van der Waals surface area contributed by atoms with Gasteiger partial charge in [0, 0.05) is 18.0 Å². The van der Waals surface area contributed by atoms with Crippen molar-refractivity contribution in [3.05, 3.63) is 35.9 Å². The predicted molar refractivity (Wildman–Crippen MR) is 77.3 cm³/mol. The van der Waals surface area contributed by atoms with Gasteiger partial charge < -0.3 is 5.32 Å². The van der Waals surface area contributed by atoms with Crippen LogP contribution in [0.2, 0.25) is 0 Å². The van der Waals surface area contributed by atoms with Crippen molar-refractivity contribution >= 4 is 11.7 Å². The van der Waals surface area contributed by atoms with E-state index >= 15 is 0 Å². The topological polar surface area (TPSA) is 46.2 Å². The Morgan fingerprint density at radius 2 is 1.90 bits per heavy atom. The molecule has 1 N–H and O–H groups in total. The van der Waals surface area contributed by atoms with Crippen LogP contribution in [0.5, 0.6) is 0 Å². The zero-order valence-electron chi connectivity index (χ0n) is 12.3. The number of carbonyl (C=O) groups is 2. The van der Waals surface area contributed by atoms with Crippen LogP contribution in [0.3, 0.4) is 0 Å². The second-order valence-corrected chi connectivity index (χ2v) is 6.82. The van der Waals surface area contributed by atoms with E-state index in [1.807, 2.05) is 37.3 Å². The highest BCUT2D eigenvalue weighted by Gasteiger charge is 2.75. The molecular formula is C17H21NO2. The molecule has 1 aromatic carbocycles. The van der Waals surface area contributed by atoms with Gasteiger partial charge in [-0.05, 0) is 24.7 Å². The quantitative estimate of drug-likeness (QED) is 0.841. The number of fused-ring (bicyclic) bond motifs is 1. The number of nitrogens with one attached hydrogen (secondary N) is 1. The minimum Gasteiger partial charge on any atom is -0.354 e. The first-order valence-corrected chi connectivity index (χ1v) is 7.29. The van der Waals surface area contributed by atoms with Gasteiger partial charge in [0.2, 0.25) is 5.91 Å². The zero-order valence-corrected chi connectivity index (χ0v) is 12.3. The Morgan fingerprint density at radius 1 is 1.25 bits per heavy atom. The summed E-state index contributed by atoms with van der Waals surface area (Å²) in [4.78, 5) is 25.1. The van der Waals surface area contributed by atoms with E-state index in [9.17, 15) is 9.59 Å². The average Bonchev–Trinajstić information content (AvgIpc) is 2.91. The third-order valence-corrected chi connectivity index (χ3v) is 5.41. The number of carbonyl (C=O) groups excluding carboxylic acids is 2. The number of hydrogen-bond donors (Lipinski definition) is 1. The molecular weight excluding hydrogens is 250 g/mol. The monoisotopic (exact) mass is 271 g/mol. The van der Waals surface area contributed by atoms with Crippen LogP contribution in [-0.4, -0.2) is 17.7 Å². The van der Waals surface area contributed by atoms with Crippen molar-refractivity contribution in [3.8, 4) is 0 Å². The van der Waals surface area contributed by atoms with Gasteiger partial charge in [-0.1, -0.05) is 44.2 Å². The highest BCUT2D eigenvalue weighted by atomic mass is 16.2. The molecule has 1 saturated heterocycles. The summed E-state index contributed by atoms with van der Waals surface area (Å²) in [6, 6.07) is 9.54. The normalized spacial score (nSPS) is 34.6. The minimum atomic E-state index is -0.511. The first-order chi connectivity index (χ1) is 9.39. The van der Waals surface area contributed by atoms with Crippen LogP contribution in [0.15, 0.2) is 30.3 Å². The SMILES string of the molecule is CC1CC2C(C)(C)C2(C(=O)c2ccccc2)CC(=O)N1. The van der Waals surface area contributed by atoms with Gasteiger partial charge in [0.25, 0.3) is 0 Å². The molecule has 0 spiro atoms. The first-order valence-electron chi connectivity index (χ1n) is 7.29. The van der Waals surface area contributed by atoms with Crippen LogP contribution in [-0.2, 0) is 4.79 Å². The number of benzene rings is 1. The summed E-state index contributed by atoms with van der Waals surface area (Å²) in [5, 5.41) is 2.98. The first kappa shape index (κ1) is 13.3. The van der Waals surface area contributed by atoms with Crippen LogP contribution < -0.4 is 5.32 Å². The Morgan fingerprint density at radius 3 is 2.55 bits per heavy atom. The van der Waals surface area contributed by atoms with Gasteiger partial charge in [0.15, 0.2) is 5.78 Å². The summed E-state index contributed by atoms with van der Waals surface area (Å²) in [5.74, 6) is 0.434. The van der Waals surface area contributed by atoms with Gasteiger partial charge in [0.05, 0.1) is 5.41 Å². The number of rotatable bonds is 2. The van der Waals surface area contributed by atoms with Crippen molar-refractivity contribution in [2.75, 3.05) is 0 Å². The fourth-order valence-electron chi connectivity index (χ4n) is 4.18. The van der Waals surface area contributed by atoms with Crippen LogP contribution >= 0.6 is 0 Å². The van der Waals surface area contributed by atoms with Gasteiger partial charge in [-0.25, -0.2) is 0 Å². The van der Waals surface area contributed by atoms with E-state index in [0.29, 0.717) is 6.42 Å².